The van der Waals surface area contributed by atoms with Crippen LogP contribution in [0.25, 0.3) is 0 Å². The minimum atomic E-state index is -3.42. The maximum absolute atomic E-state index is 11.9. The van der Waals surface area contributed by atoms with Crippen molar-refractivity contribution in [1.29, 1.82) is 0 Å². The van der Waals surface area contributed by atoms with E-state index < -0.39 is 9.84 Å². The van der Waals surface area contributed by atoms with Crippen LogP contribution in [0.1, 0.15) is 10.4 Å². The molecular formula is C11H16N2O4S. The zero-order valence-electron chi connectivity index (χ0n) is 10.3. The van der Waals surface area contributed by atoms with Crippen molar-refractivity contribution in [3.63, 3.8) is 0 Å². The van der Waals surface area contributed by atoms with Gasteiger partial charge in [0.15, 0.2) is 9.84 Å². The van der Waals surface area contributed by atoms with Crippen molar-refractivity contribution >= 4 is 21.4 Å². The molecule has 6 nitrogen and oxygen atoms in total. The number of likely N-dealkylation sites (N-methyl/N-ethyl adjacent to an activating group) is 1. The van der Waals surface area contributed by atoms with Crippen molar-refractivity contribution in [2.75, 3.05) is 32.2 Å². The molecule has 3 N–H and O–H groups in total. The average Bonchev–Trinajstić information content (AvgIpc) is 2.26. The third-order valence-electron chi connectivity index (χ3n) is 2.39. The van der Waals surface area contributed by atoms with Gasteiger partial charge in [-0.2, -0.15) is 0 Å². The van der Waals surface area contributed by atoms with Gasteiger partial charge in [0, 0.05) is 31.1 Å². The summed E-state index contributed by atoms with van der Waals surface area (Å²) in [6.07, 6.45) is 1.05. The van der Waals surface area contributed by atoms with E-state index in [1.807, 2.05) is 0 Å². The highest BCUT2D eigenvalue weighted by Gasteiger charge is 2.16. The Morgan fingerprint density at radius 2 is 2.00 bits per heavy atom. The summed E-state index contributed by atoms with van der Waals surface area (Å²) < 4.78 is 22.9. The molecule has 0 spiro atoms. The van der Waals surface area contributed by atoms with Crippen LogP contribution < -0.4 is 5.73 Å². The Bertz CT molecular complexity index is 554. The Morgan fingerprint density at radius 3 is 2.50 bits per heavy atom. The number of aliphatic hydroxyl groups is 1. The zero-order chi connectivity index (χ0) is 13.9. The molecule has 0 aliphatic rings. The molecule has 0 aliphatic carbocycles. The number of aliphatic hydroxyl groups excluding tert-OH is 1. The highest BCUT2D eigenvalue weighted by atomic mass is 32.2. The Labute approximate surface area is 106 Å². The van der Waals surface area contributed by atoms with Crippen LogP contribution in [0.2, 0.25) is 0 Å². The van der Waals surface area contributed by atoms with E-state index in [1.165, 1.54) is 30.1 Å². The Kier molecular flexibility index (Phi) is 4.31. The third-order valence-corrected chi connectivity index (χ3v) is 3.48. The van der Waals surface area contributed by atoms with E-state index in [-0.39, 0.29) is 35.2 Å². The zero-order valence-corrected chi connectivity index (χ0v) is 11.1. The van der Waals surface area contributed by atoms with Gasteiger partial charge < -0.3 is 15.7 Å². The molecule has 0 atom stereocenters. The van der Waals surface area contributed by atoms with Crippen LogP contribution in [0.15, 0.2) is 23.1 Å². The van der Waals surface area contributed by atoms with Crippen LogP contribution in [0.5, 0.6) is 0 Å². The summed E-state index contributed by atoms with van der Waals surface area (Å²) in [6.45, 7) is 0.00529. The van der Waals surface area contributed by atoms with Gasteiger partial charge in [-0.15, -0.1) is 0 Å². The molecule has 0 saturated carbocycles. The molecule has 0 heterocycles. The fourth-order valence-electron chi connectivity index (χ4n) is 1.43. The number of hydrogen-bond donors (Lipinski definition) is 2. The largest absolute Gasteiger partial charge is 0.399 e. The molecule has 1 amide bonds. The van der Waals surface area contributed by atoms with E-state index in [9.17, 15) is 13.2 Å². The molecular weight excluding hydrogens is 256 g/mol. The monoisotopic (exact) mass is 272 g/mol. The number of nitrogens with zero attached hydrogens (tertiary/aromatic N) is 1. The number of carbonyl (C=O) groups excluding carboxylic acids is 1. The minimum absolute atomic E-state index is 0.00301. The van der Waals surface area contributed by atoms with Crippen molar-refractivity contribution in [3.05, 3.63) is 23.8 Å². The standard InChI is InChI=1S/C11H16N2O4S/c1-13(3-4-14)11(15)8-5-9(12)7-10(6-8)18(2,16)17/h5-7,14H,3-4,12H2,1-2H3. The second kappa shape index (κ2) is 5.36. The molecule has 100 valence electrons. The van der Waals surface area contributed by atoms with Gasteiger partial charge >= 0.3 is 0 Å². The number of amides is 1. The average molecular weight is 272 g/mol. The molecule has 1 rings (SSSR count). The summed E-state index contributed by atoms with van der Waals surface area (Å²) in [7, 11) is -1.90. The van der Waals surface area contributed by atoms with E-state index >= 15 is 0 Å². The molecule has 7 heteroatoms. The summed E-state index contributed by atoms with van der Waals surface area (Å²) in [5, 5.41) is 8.76. The molecule has 1 aromatic carbocycles. The number of sulfone groups is 1. The van der Waals surface area contributed by atoms with Crippen LogP contribution >= 0.6 is 0 Å². The second-order valence-corrected chi connectivity index (χ2v) is 6.03. The van der Waals surface area contributed by atoms with Crippen molar-refractivity contribution in [2.24, 2.45) is 0 Å². The number of carbonyl (C=O) groups is 1. The van der Waals surface area contributed by atoms with E-state index in [0.29, 0.717) is 0 Å². The molecule has 0 fully saturated rings. The quantitative estimate of drug-likeness (QED) is 0.735. The normalized spacial score (nSPS) is 11.3. The maximum atomic E-state index is 11.9. The third kappa shape index (κ3) is 3.44. The topological polar surface area (TPSA) is 101 Å². The molecule has 18 heavy (non-hydrogen) atoms. The second-order valence-electron chi connectivity index (χ2n) is 4.01. The Morgan fingerprint density at radius 1 is 1.39 bits per heavy atom. The lowest BCUT2D eigenvalue weighted by atomic mass is 10.2. The smallest absolute Gasteiger partial charge is 0.253 e. The molecule has 0 aliphatic heterocycles. The van der Waals surface area contributed by atoms with Crippen LogP contribution in [0.3, 0.4) is 0 Å². The minimum Gasteiger partial charge on any atom is -0.399 e. The van der Waals surface area contributed by atoms with Crippen molar-refractivity contribution in [3.8, 4) is 0 Å². The van der Waals surface area contributed by atoms with E-state index in [0.717, 1.165) is 6.26 Å². The van der Waals surface area contributed by atoms with Gasteiger partial charge in [-0.1, -0.05) is 0 Å². The van der Waals surface area contributed by atoms with Crippen molar-refractivity contribution in [2.45, 2.75) is 4.90 Å². The van der Waals surface area contributed by atoms with Crippen LogP contribution in [0.4, 0.5) is 5.69 Å². The fourth-order valence-corrected chi connectivity index (χ4v) is 2.12. The number of hydrogen-bond acceptors (Lipinski definition) is 5. The number of nitrogen functional groups attached to an aromatic ring is 1. The van der Waals surface area contributed by atoms with Crippen LogP contribution in [0, 0.1) is 0 Å². The van der Waals surface area contributed by atoms with E-state index in [1.54, 1.807) is 0 Å². The lowest BCUT2D eigenvalue weighted by Gasteiger charge is -2.16. The van der Waals surface area contributed by atoms with Gasteiger partial charge in [-0.25, -0.2) is 8.42 Å². The summed E-state index contributed by atoms with van der Waals surface area (Å²) in [4.78, 5) is 13.2. The summed E-state index contributed by atoms with van der Waals surface area (Å²) >= 11 is 0. The van der Waals surface area contributed by atoms with Gasteiger partial charge in [-0.3, -0.25) is 4.79 Å². The predicted octanol–water partition coefficient (Wildman–Crippen LogP) is -0.263. The first kappa shape index (κ1) is 14.5. The Hall–Kier alpha value is -1.60. The molecule has 1 aromatic rings. The van der Waals surface area contributed by atoms with Crippen molar-refractivity contribution < 1.29 is 18.3 Å². The van der Waals surface area contributed by atoms with Gasteiger partial charge in [0.05, 0.1) is 11.5 Å². The predicted molar refractivity (Wildman–Crippen MR) is 68.0 cm³/mol. The highest BCUT2D eigenvalue weighted by Crippen LogP contribution is 2.17. The maximum Gasteiger partial charge on any atom is 0.253 e. The summed E-state index contributed by atoms with van der Waals surface area (Å²) in [5.41, 5.74) is 5.98. The van der Waals surface area contributed by atoms with E-state index in [4.69, 9.17) is 10.8 Å². The van der Waals surface area contributed by atoms with Gasteiger partial charge in [0.2, 0.25) is 0 Å². The lowest BCUT2D eigenvalue weighted by molar-refractivity contribution is 0.0767. The molecule has 0 bridgehead atoms. The number of anilines is 1. The summed E-state index contributed by atoms with van der Waals surface area (Å²) in [6, 6.07) is 3.99. The number of benzene rings is 1. The van der Waals surface area contributed by atoms with Gasteiger partial charge in [0.25, 0.3) is 5.91 Å². The molecule has 0 aromatic heterocycles. The van der Waals surface area contributed by atoms with E-state index in [2.05, 4.69) is 0 Å². The molecule has 0 saturated heterocycles. The van der Waals surface area contributed by atoms with Crippen molar-refractivity contribution in [1.82, 2.24) is 4.90 Å². The highest BCUT2D eigenvalue weighted by molar-refractivity contribution is 7.90. The van der Waals surface area contributed by atoms with Crippen LogP contribution in [-0.4, -0.2) is 50.8 Å². The lowest BCUT2D eigenvalue weighted by Crippen LogP contribution is -2.29. The number of rotatable bonds is 4. The van der Waals surface area contributed by atoms with Gasteiger partial charge in [0.1, 0.15) is 0 Å². The molecule has 0 radical (unpaired) electrons. The summed E-state index contributed by atoms with van der Waals surface area (Å²) in [5.74, 6) is -0.388. The fraction of sp³-hybridized carbons (Fsp3) is 0.364. The number of nitrogens with two attached hydrogens (primary N) is 1. The first-order valence-corrected chi connectivity index (χ1v) is 7.12. The van der Waals surface area contributed by atoms with Gasteiger partial charge in [-0.05, 0) is 18.2 Å². The van der Waals surface area contributed by atoms with Crippen LogP contribution in [-0.2, 0) is 9.84 Å². The first-order chi connectivity index (χ1) is 8.25. The Balaban J connectivity index is 3.19. The molecule has 0 unspecified atom stereocenters. The first-order valence-electron chi connectivity index (χ1n) is 5.22. The SMILES string of the molecule is CN(CCO)C(=O)c1cc(N)cc(S(C)(=O)=O)c1.